The lowest BCUT2D eigenvalue weighted by molar-refractivity contribution is -0.386. The fourth-order valence-corrected chi connectivity index (χ4v) is 4.50. The van der Waals surface area contributed by atoms with E-state index in [0.717, 1.165) is 0 Å². The maximum atomic E-state index is 13.0. The van der Waals surface area contributed by atoms with Crippen molar-refractivity contribution < 1.29 is 18.9 Å². The van der Waals surface area contributed by atoms with Crippen LogP contribution in [0.2, 0.25) is 18.1 Å². The molecule has 0 spiro atoms. The summed E-state index contributed by atoms with van der Waals surface area (Å²) < 4.78 is 12.5. The van der Waals surface area contributed by atoms with Gasteiger partial charge in [0, 0.05) is 12.6 Å². The molecule has 0 aliphatic carbocycles. The normalized spacial score (nSPS) is 27.4. The van der Waals surface area contributed by atoms with Crippen LogP contribution in [0, 0.1) is 10.1 Å². The molecule has 0 bridgehead atoms. The molecular weight excluding hydrogens is 352 g/mol. The third-order valence-electron chi connectivity index (χ3n) is 5.72. The molecule has 0 saturated carbocycles. The highest BCUT2D eigenvalue weighted by atomic mass is 28.4. The molecule has 0 amide bonds. The minimum absolute atomic E-state index is 0.0420. The summed E-state index contributed by atoms with van der Waals surface area (Å²) in [6.45, 7) is 14.1. The molecule has 0 aromatic carbocycles. The molecule has 1 fully saturated rings. The number of rotatable bonds is 4. The van der Waals surface area contributed by atoms with Crippen LogP contribution in [-0.2, 0) is 14.0 Å². The summed E-state index contributed by atoms with van der Waals surface area (Å²) in [6, 6.07) is 1.54. The van der Waals surface area contributed by atoms with Crippen LogP contribution in [-0.4, -0.2) is 35.7 Å². The fraction of sp³-hybridized carbons (Fsp3) is 0.667. The van der Waals surface area contributed by atoms with E-state index in [1.165, 1.54) is 12.4 Å². The molecular formula is C18H28N2O5Si. The maximum Gasteiger partial charge on any atom is 0.293 e. The van der Waals surface area contributed by atoms with Gasteiger partial charge in [0.1, 0.15) is 11.8 Å². The lowest BCUT2D eigenvalue weighted by Gasteiger charge is -2.48. The highest BCUT2D eigenvalue weighted by molar-refractivity contribution is 6.74. The molecule has 144 valence electrons. The largest absolute Gasteiger partial charge is 0.402 e. The van der Waals surface area contributed by atoms with Gasteiger partial charge in [0.05, 0.1) is 22.7 Å². The average Bonchev–Trinajstić information content (AvgIpc) is 2.51. The zero-order valence-electron chi connectivity index (χ0n) is 16.5. The Labute approximate surface area is 155 Å². The molecule has 2 heterocycles. The number of hydrogen-bond donors (Lipinski definition) is 0. The summed E-state index contributed by atoms with van der Waals surface area (Å²) in [5.74, 6) is -0.0859. The number of ketones is 1. The van der Waals surface area contributed by atoms with Crippen molar-refractivity contribution in [3.8, 4) is 0 Å². The SMILES string of the molecule is CC1OC(c2ccncc2[N+](=O)[O-])CC(=O)C1(C)O[Si](C)(C)C(C)(C)C. The second-order valence-corrected chi connectivity index (χ2v) is 13.3. The van der Waals surface area contributed by atoms with E-state index in [4.69, 9.17) is 9.16 Å². The van der Waals surface area contributed by atoms with Gasteiger partial charge in [-0.1, -0.05) is 20.8 Å². The summed E-state index contributed by atoms with van der Waals surface area (Å²) in [5.41, 5.74) is -0.813. The van der Waals surface area contributed by atoms with E-state index >= 15 is 0 Å². The van der Waals surface area contributed by atoms with Gasteiger partial charge in [-0.3, -0.25) is 19.9 Å². The number of carbonyl (C=O) groups is 1. The molecule has 7 nitrogen and oxygen atoms in total. The average molecular weight is 381 g/mol. The van der Waals surface area contributed by atoms with Crippen LogP contribution in [0.15, 0.2) is 18.5 Å². The van der Waals surface area contributed by atoms with Crippen LogP contribution in [0.25, 0.3) is 0 Å². The Bertz CT molecular complexity index is 716. The van der Waals surface area contributed by atoms with Crippen LogP contribution in [0.4, 0.5) is 5.69 Å². The number of Topliss-reactive ketones (excluding diaryl/α,β-unsaturated/α-hetero) is 1. The van der Waals surface area contributed by atoms with E-state index < -0.39 is 31.0 Å². The topological polar surface area (TPSA) is 91.6 Å². The lowest BCUT2D eigenvalue weighted by Crippen LogP contribution is -2.60. The molecule has 1 aliphatic heterocycles. The molecule has 1 aromatic rings. The Morgan fingerprint density at radius 3 is 2.54 bits per heavy atom. The molecule has 1 aromatic heterocycles. The zero-order valence-corrected chi connectivity index (χ0v) is 17.5. The molecule has 8 heteroatoms. The zero-order chi connectivity index (χ0) is 19.9. The Balaban J connectivity index is 2.30. The third-order valence-corrected chi connectivity index (χ3v) is 10.3. The molecule has 0 N–H and O–H groups in total. The van der Waals surface area contributed by atoms with Gasteiger partial charge in [0.2, 0.25) is 0 Å². The number of aromatic nitrogens is 1. The predicted octanol–water partition coefficient (Wildman–Crippen LogP) is 4.19. The highest BCUT2D eigenvalue weighted by Gasteiger charge is 2.52. The Kier molecular flexibility index (Phi) is 5.43. The van der Waals surface area contributed by atoms with Gasteiger partial charge in [-0.15, -0.1) is 0 Å². The third kappa shape index (κ3) is 3.72. The molecule has 0 radical (unpaired) electrons. The van der Waals surface area contributed by atoms with Crippen LogP contribution < -0.4 is 0 Å². The predicted molar refractivity (Wildman–Crippen MR) is 100 cm³/mol. The van der Waals surface area contributed by atoms with Gasteiger partial charge in [0.25, 0.3) is 5.69 Å². The van der Waals surface area contributed by atoms with Crippen LogP contribution in [0.5, 0.6) is 0 Å². The number of carbonyl (C=O) groups excluding carboxylic acids is 1. The van der Waals surface area contributed by atoms with E-state index in [1.807, 2.05) is 0 Å². The molecule has 1 saturated heterocycles. The first-order valence-electron chi connectivity index (χ1n) is 8.77. The molecule has 1 aliphatic rings. The van der Waals surface area contributed by atoms with Crippen molar-refractivity contribution >= 4 is 19.8 Å². The number of nitrogens with zero attached hydrogens (tertiary/aromatic N) is 2. The molecule has 26 heavy (non-hydrogen) atoms. The van der Waals surface area contributed by atoms with Crippen LogP contribution in [0.3, 0.4) is 0 Å². The van der Waals surface area contributed by atoms with Crippen molar-refractivity contribution in [1.29, 1.82) is 0 Å². The Morgan fingerprint density at radius 1 is 1.42 bits per heavy atom. The van der Waals surface area contributed by atoms with Crippen molar-refractivity contribution in [2.45, 2.75) is 77.0 Å². The van der Waals surface area contributed by atoms with E-state index in [9.17, 15) is 14.9 Å². The van der Waals surface area contributed by atoms with Crippen LogP contribution in [0.1, 0.15) is 52.7 Å². The number of hydrogen-bond acceptors (Lipinski definition) is 6. The minimum Gasteiger partial charge on any atom is -0.402 e. The Morgan fingerprint density at radius 2 is 2.04 bits per heavy atom. The summed E-state index contributed by atoms with van der Waals surface area (Å²) in [6.07, 6.45) is 1.52. The fourth-order valence-electron chi connectivity index (χ4n) is 2.85. The highest BCUT2D eigenvalue weighted by Crippen LogP contribution is 2.44. The van der Waals surface area contributed by atoms with E-state index in [-0.39, 0.29) is 22.9 Å². The van der Waals surface area contributed by atoms with Gasteiger partial charge in [-0.2, -0.15) is 0 Å². The van der Waals surface area contributed by atoms with Crippen molar-refractivity contribution in [2.24, 2.45) is 0 Å². The summed E-state index contributed by atoms with van der Waals surface area (Å²) >= 11 is 0. The smallest absolute Gasteiger partial charge is 0.293 e. The van der Waals surface area contributed by atoms with Crippen molar-refractivity contribution in [3.63, 3.8) is 0 Å². The van der Waals surface area contributed by atoms with Crippen molar-refractivity contribution in [2.75, 3.05) is 0 Å². The van der Waals surface area contributed by atoms with Gasteiger partial charge >= 0.3 is 0 Å². The van der Waals surface area contributed by atoms with Gasteiger partial charge in [0.15, 0.2) is 14.1 Å². The van der Waals surface area contributed by atoms with E-state index in [0.29, 0.717) is 5.56 Å². The van der Waals surface area contributed by atoms with Crippen molar-refractivity contribution in [1.82, 2.24) is 4.98 Å². The quantitative estimate of drug-likeness (QED) is 0.442. The molecule has 2 rings (SSSR count). The number of pyridine rings is 1. The van der Waals surface area contributed by atoms with E-state index in [1.54, 1.807) is 19.9 Å². The monoisotopic (exact) mass is 380 g/mol. The van der Waals surface area contributed by atoms with Gasteiger partial charge < -0.3 is 9.16 Å². The lowest BCUT2D eigenvalue weighted by atomic mass is 9.86. The first kappa shape index (κ1) is 20.7. The minimum atomic E-state index is -2.20. The standard InChI is InChI=1S/C18H28N2O5Si/c1-12-18(5,25-26(6,7)17(2,3)4)16(21)10-15(24-12)13-8-9-19-11-14(13)20(22)23/h8-9,11-12,15H,10H2,1-7H3. The molecule has 3 atom stereocenters. The van der Waals surface area contributed by atoms with Crippen molar-refractivity contribution in [3.05, 3.63) is 34.1 Å². The first-order chi connectivity index (χ1) is 11.8. The number of ether oxygens (including phenoxy) is 1. The second kappa shape index (κ2) is 6.83. The van der Waals surface area contributed by atoms with Gasteiger partial charge in [-0.25, -0.2) is 0 Å². The van der Waals surface area contributed by atoms with Gasteiger partial charge in [-0.05, 0) is 38.0 Å². The summed E-state index contributed by atoms with van der Waals surface area (Å²) in [4.78, 5) is 27.6. The maximum absolute atomic E-state index is 13.0. The number of nitro groups is 1. The Hall–Kier alpha value is -1.64. The molecule has 3 unspecified atom stereocenters. The first-order valence-corrected chi connectivity index (χ1v) is 11.7. The van der Waals surface area contributed by atoms with E-state index in [2.05, 4.69) is 38.8 Å². The van der Waals surface area contributed by atoms with Crippen LogP contribution >= 0.6 is 0 Å². The summed E-state index contributed by atoms with van der Waals surface area (Å²) in [7, 11) is -2.20. The second-order valence-electron chi connectivity index (χ2n) is 8.56. The summed E-state index contributed by atoms with van der Waals surface area (Å²) in [5, 5.41) is 11.2.